The molecule has 0 spiro atoms. The highest BCUT2D eigenvalue weighted by atomic mass is 19.1. The van der Waals surface area contributed by atoms with Crippen molar-refractivity contribution in [2.24, 2.45) is 0 Å². The third kappa shape index (κ3) is 4.28. The summed E-state index contributed by atoms with van der Waals surface area (Å²) < 4.78 is 14.8. The van der Waals surface area contributed by atoms with Crippen LogP contribution in [0.5, 0.6) is 0 Å². The zero-order valence-electron chi connectivity index (χ0n) is 14.9. The fraction of sp³-hybridized carbons (Fsp3) is 0.250. The van der Waals surface area contributed by atoms with Crippen molar-refractivity contribution in [1.29, 1.82) is 0 Å². The smallest absolute Gasteiger partial charge is 0.146 e. The third-order valence-corrected chi connectivity index (χ3v) is 4.48. The van der Waals surface area contributed by atoms with Crippen LogP contribution in [0.25, 0.3) is 10.8 Å². The summed E-state index contributed by atoms with van der Waals surface area (Å²) >= 11 is 0. The van der Waals surface area contributed by atoms with Crippen LogP contribution >= 0.6 is 0 Å². The van der Waals surface area contributed by atoms with E-state index in [-0.39, 0.29) is 5.82 Å². The molecule has 0 bridgehead atoms. The number of fused-ring (bicyclic) bond motifs is 1. The molecule has 0 aliphatic heterocycles. The fourth-order valence-corrected chi connectivity index (χ4v) is 2.95. The van der Waals surface area contributed by atoms with Crippen molar-refractivity contribution in [3.8, 4) is 11.8 Å². The van der Waals surface area contributed by atoms with Crippen molar-refractivity contribution in [2.45, 2.75) is 39.5 Å². The van der Waals surface area contributed by atoms with Gasteiger partial charge in [-0.15, -0.1) is 0 Å². The normalized spacial score (nSPS) is 10.5. The lowest BCUT2D eigenvalue weighted by atomic mass is 10.0. The first-order valence-corrected chi connectivity index (χ1v) is 8.97. The summed E-state index contributed by atoms with van der Waals surface area (Å²) in [6.07, 6.45) is 4.69. The van der Waals surface area contributed by atoms with Gasteiger partial charge >= 0.3 is 0 Å². The second kappa shape index (κ2) is 7.99. The summed E-state index contributed by atoms with van der Waals surface area (Å²) in [5.41, 5.74) is 3.82. The van der Waals surface area contributed by atoms with Gasteiger partial charge < -0.3 is 0 Å². The Morgan fingerprint density at radius 2 is 1.68 bits per heavy atom. The first kappa shape index (κ1) is 17.2. The Labute approximate surface area is 149 Å². The van der Waals surface area contributed by atoms with E-state index in [1.165, 1.54) is 30.4 Å². The molecule has 0 amide bonds. The molecule has 0 N–H and O–H groups in total. The van der Waals surface area contributed by atoms with E-state index in [0.717, 1.165) is 17.4 Å². The van der Waals surface area contributed by atoms with E-state index < -0.39 is 0 Å². The van der Waals surface area contributed by atoms with E-state index >= 15 is 0 Å². The van der Waals surface area contributed by atoms with Gasteiger partial charge in [-0.05, 0) is 48.9 Å². The number of benzene rings is 3. The zero-order chi connectivity index (χ0) is 17.6. The molecule has 0 aliphatic carbocycles. The van der Waals surface area contributed by atoms with E-state index in [1.807, 2.05) is 49.4 Å². The van der Waals surface area contributed by atoms with Gasteiger partial charge in [-0.25, -0.2) is 4.39 Å². The van der Waals surface area contributed by atoms with Crippen molar-refractivity contribution in [1.82, 2.24) is 0 Å². The lowest BCUT2D eigenvalue weighted by Gasteiger charge is -2.06. The summed E-state index contributed by atoms with van der Waals surface area (Å²) in [6.45, 7) is 4.24. The van der Waals surface area contributed by atoms with E-state index in [1.54, 1.807) is 6.07 Å². The van der Waals surface area contributed by atoms with E-state index in [2.05, 4.69) is 24.8 Å². The summed E-state index contributed by atoms with van der Waals surface area (Å²) in [4.78, 5) is 0. The highest BCUT2D eigenvalue weighted by Crippen LogP contribution is 2.23. The number of unbranched alkanes of at least 4 members (excludes halogenated alkanes) is 2. The monoisotopic (exact) mass is 330 g/mol. The van der Waals surface area contributed by atoms with Gasteiger partial charge in [-0.1, -0.05) is 73.6 Å². The Hall–Kier alpha value is -2.59. The fourth-order valence-electron chi connectivity index (χ4n) is 2.95. The molecule has 0 aliphatic rings. The number of halogens is 1. The first-order chi connectivity index (χ1) is 12.2. The van der Waals surface area contributed by atoms with E-state index in [4.69, 9.17) is 0 Å². The molecule has 0 saturated carbocycles. The Balaban J connectivity index is 1.87. The van der Waals surface area contributed by atoms with Crippen LogP contribution in [0.4, 0.5) is 4.39 Å². The molecule has 0 aromatic heterocycles. The first-order valence-electron chi connectivity index (χ1n) is 8.97. The van der Waals surface area contributed by atoms with Crippen LogP contribution in [0, 0.1) is 24.6 Å². The summed E-state index contributed by atoms with van der Waals surface area (Å²) in [7, 11) is 0. The van der Waals surface area contributed by atoms with E-state index in [9.17, 15) is 4.39 Å². The van der Waals surface area contributed by atoms with Crippen molar-refractivity contribution in [2.75, 3.05) is 0 Å². The van der Waals surface area contributed by atoms with Gasteiger partial charge in [-0.3, -0.25) is 0 Å². The molecular weight excluding hydrogens is 307 g/mol. The van der Waals surface area contributed by atoms with Crippen molar-refractivity contribution in [3.63, 3.8) is 0 Å². The maximum atomic E-state index is 14.8. The van der Waals surface area contributed by atoms with Crippen molar-refractivity contribution >= 4 is 10.8 Å². The highest BCUT2D eigenvalue weighted by Gasteiger charge is 2.06. The lowest BCUT2D eigenvalue weighted by molar-refractivity contribution is 0.636. The molecule has 25 heavy (non-hydrogen) atoms. The van der Waals surface area contributed by atoms with Crippen molar-refractivity contribution in [3.05, 3.63) is 82.7 Å². The van der Waals surface area contributed by atoms with Crippen LogP contribution in [-0.4, -0.2) is 0 Å². The molecule has 3 rings (SSSR count). The molecule has 0 fully saturated rings. The van der Waals surface area contributed by atoms with Gasteiger partial charge in [0.2, 0.25) is 0 Å². The molecular formula is C24H23F. The molecule has 0 saturated heterocycles. The molecule has 0 atom stereocenters. The van der Waals surface area contributed by atoms with Gasteiger partial charge in [-0.2, -0.15) is 0 Å². The predicted molar refractivity (Wildman–Crippen MR) is 104 cm³/mol. The Morgan fingerprint density at radius 1 is 0.880 bits per heavy atom. The van der Waals surface area contributed by atoms with Crippen LogP contribution in [0.15, 0.2) is 54.6 Å². The minimum absolute atomic E-state index is 0.225. The Morgan fingerprint density at radius 3 is 2.44 bits per heavy atom. The van der Waals surface area contributed by atoms with Crippen LogP contribution < -0.4 is 0 Å². The summed E-state index contributed by atoms with van der Waals surface area (Å²) in [5, 5.41) is 1.60. The molecule has 3 aromatic carbocycles. The minimum Gasteiger partial charge on any atom is -0.205 e. The maximum Gasteiger partial charge on any atom is 0.146 e. The van der Waals surface area contributed by atoms with Crippen LogP contribution in [0.3, 0.4) is 0 Å². The number of rotatable bonds is 4. The van der Waals surface area contributed by atoms with Crippen LogP contribution in [-0.2, 0) is 6.42 Å². The van der Waals surface area contributed by atoms with Gasteiger partial charge in [0, 0.05) is 10.9 Å². The van der Waals surface area contributed by atoms with Gasteiger partial charge in [0.05, 0.1) is 5.56 Å². The summed E-state index contributed by atoms with van der Waals surface area (Å²) in [6, 6.07) is 17.7. The predicted octanol–water partition coefficient (Wildman–Crippen LogP) is 6.42. The quantitative estimate of drug-likeness (QED) is 0.382. The number of aryl methyl sites for hydroxylation is 2. The third-order valence-electron chi connectivity index (χ3n) is 4.48. The van der Waals surface area contributed by atoms with Crippen molar-refractivity contribution < 1.29 is 4.39 Å². The standard InChI is InChI=1S/C24H23F/c1-3-4-5-6-20-12-16-23-22(17-20)15-14-21(24(23)25)13-11-19-9-7-18(2)8-10-19/h7-10,12,14-17H,3-6H2,1-2H3. The molecule has 3 aromatic rings. The minimum atomic E-state index is -0.225. The average molecular weight is 330 g/mol. The Bertz CT molecular complexity index is 924. The molecule has 1 heteroatoms. The molecule has 0 heterocycles. The maximum absolute atomic E-state index is 14.8. The lowest BCUT2D eigenvalue weighted by Crippen LogP contribution is -1.90. The molecule has 0 nitrogen and oxygen atoms in total. The second-order valence-electron chi connectivity index (χ2n) is 6.56. The van der Waals surface area contributed by atoms with Gasteiger partial charge in [0.1, 0.15) is 5.82 Å². The molecule has 0 unspecified atom stereocenters. The largest absolute Gasteiger partial charge is 0.205 e. The topological polar surface area (TPSA) is 0 Å². The second-order valence-corrected chi connectivity index (χ2v) is 6.56. The SMILES string of the molecule is CCCCCc1ccc2c(F)c(C#Cc3ccc(C)cc3)ccc2c1. The van der Waals surface area contributed by atoms with Gasteiger partial charge in [0.15, 0.2) is 0 Å². The van der Waals surface area contributed by atoms with Gasteiger partial charge in [0.25, 0.3) is 0 Å². The van der Waals surface area contributed by atoms with Crippen LogP contribution in [0.1, 0.15) is 48.4 Å². The molecule has 126 valence electrons. The average Bonchev–Trinajstić information content (AvgIpc) is 2.63. The summed E-state index contributed by atoms with van der Waals surface area (Å²) in [5.74, 6) is 5.80. The Kier molecular flexibility index (Phi) is 5.51. The highest BCUT2D eigenvalue weighted by molar-refractivity contribution is 5.85. The number of hydrogen-bond acceptors (Lipinski definition) is 0. The van der Waals surface area contributed by atoms with E-state index in [0.29, 0.717) is 10.9 Å². The van der Waals surface area contributed by atoms with Crippen LogP contribution in [0.2, 0.25) is 0 Å². The molecule has 0 radical (unpaired) electrons. The zero-order valence-corrected chi connectivity index (χ0v) is 14.9. The number of hydrogen-bond donors (Lipinski definition) is 0.